The Hall–Kier alpha value is -2.32. The molecule has 0 fully saturated rings. The van der Waals surface area contributed by atoms with Gasteiger partial charge in [0.15, 0.2) is 5.54 Å². The van der Waals surface area contributed by atoms with Crippen LogP contribution >= 0.6 is 0 Å². The molecule has 2 rings (SSSR count). The molecule has 1 aliphatic rings. The van der Waals surface area contributed by atoms with Crippen LogP contribution in [0.25, 0.3) is 0 Å². The summed E-state index contributed by atoms with van der Waals surface area (Å²) < 4.78 is 0. The number of carboxylic acid groups (broad SMARTS) is 1. The summed E-state index contributed by atoms with van der Waals surface area (Å²) in [5.41, 5.74) is 5.56. The first-order chi connectivity index (χ1) is 8.16. The van der Waals surface area contributed by atoms with Crippen molar-refractivity contribution in [2.45, 2.75) is 12.0 Å². The van der Waals surface area contributed by atoms with Crippen molar-refractivity contribution in [2.24, 2.45) is 0 Å². The van der Waals surface area contributed by atoms with Crippen molar-refractivity contribution in [2.75, 3.05) is 0 Å². The van der Waals surface area contributed by atoms with E-state index in [2.05, 4.69) is 10.9 Å². The van der Waals surface area contributed by atoms with Gasteiger partial charge < -0.3 is 10.5 Å². The number of benzene rings is 1. The molecular weight excluding hydrogens is 218 g/mol. The minimum Gasteiger partial charge on any atom is -0.480 e. The molecule has 0 saturated carbocycles. The lowest BCUT2D eigenvalue weighted by molar-refractivity contribution is -0.142. The summed E-state index contributed by atoms with van der Waals surface area (Å²) in [6, 6.07) is 8.96. The van der Waals surface area contributed by atoms with E-state index in [1.807, 2.05) is 6.07 Å². The van der Waals surface area contributed by atoms with E-state index < -0.39 is 11.5 Å². The number of carboxylic acids is 1. The van der Waals surface area contributed by atoms with Gasteiger partial charge in [-0.25, -0.2) is 10.2 Å². The van der Waals surface area contributed by atoms with Gasteiger partial charge in [-0.1, -0.05) is 12.1 Å². The normalized spacial score (nSPS) is 21.8. The average Bonchev–Trinajstić information content (AvgIpc) is 2.79. The van der Waals surface area contributed by atoms with Crippen molar-refractivity contribution in [1.29, 1.82) is 5.26 Å². The molecule has 0 amide bonds. The van der Waals surface area contributed by atoms with Gasteiger partial charge in [-0.15, -0.1) is 0 Å². The van der Waals surface area contributed by atoms with Crippen LogP contribution in [-0.4, -0.2) is 16.6 Å². The van der Waals surface area contributed by atoms with E-state index in [1.165, 1.54) is 0 Å². The minimum absolute atomic E-state index is 0.279. The van der Waals surface area contributed by atoms with E-state index in [9.17, 15) is 9.90 Å². The van der Waals surface area contributed by atoms with Gasteiger partial charge in [-0.2, -0.15) is 5.26 Å². The van der Waals surface area contributed by atoms with Crippen molar-refractivity contribution in [3.63, 3.8) is 0 Å². The Bertz CT molecular complexity index is 519. The fourth-order valence-corrected chi connectivity index (χ4v) is 1.77. The van der Waals surface area contributed by atoms with Gasteiger partial charge in [0.25, 0.3) is 0 Å². The Balaban J connectivity index is 2.27. The maximum atomic E-state index is 11.3. The van der Waals surface area contributed by atoms with Gasteiger partial charge in [0.05, 0.1) is 11.6 Å². The van der Waals surface area contributed by atoms with Crippen molar-refractivity contribution >= 4 is 5.97 Å². The molecule has 0 radical (unpaired) electrons. The van der Waals surface area contributed by atoms with Crippen LogP contribution in [0.5, 0.6) is 0 Å². The first-order valence-corrected chi connectivity index (χ1v) is 5.09. The molecule has 0 saturated heterocycles. The number of aliphatic carboxylic acids is 1. The third-order valence-electron chi connectivity index (χ3n) is 2.67. The topological polar surface area (TPSA) is 85.2 Å². The van der Waals surface area contributed by atoms with Gasteiger partial charge in [-0.05, 0) is 23.8 Å². The van der Waals surface area contributed by atoms with Gasteiger partial charge in [-0.3, -0.25) is 0 Å². The molecule has 0 bridgehead atoms. The van der Waals surface area contributed by atoms with Crippen molar-refractivity contribution in [3.05, 3.63) is 47.7 Å². The highest BCUT2D eigenvalue weighted by molar-refractivity contribution is 5.82. The van der Waals surface area contributed by atoms with Crippen LogP contribution in [0.1, 0.15) is 11.1 Å². The zero-order chi connectivity index (χ0) is 12.3. The molecule has 5 nitrogen and oxygen atoms in total. The largest absolute Gasteiger partial charge is 0.480 e. The predicted molar refractivity (Wildman–Crippen MR) is 60.6 cm³/mol. The summed E-state index contributed by atoms with van der Waals surface area (Å²) in [5.74, 6) is -0.957. The SMILES string of the molecule is N#Cc1cccc(CC2(C(=O)O)C=CNN2)c1. The summed E-state index contributed by atoms with van der Waals surface area (Å²) in [6.45, 7) is 0. The molecule has 86 valence electrons. The standard InChI is InChI=1S/C12H11N3O2/c13-8-10-3-1-2-9(6-10)7-12(11(16)17)4-5-14-15-12/h1-6,14-15H,7H2,(H,16,17). The zero-order valence-corrected chi connectivity index (χ0v) is 8.97. The lowest BCUT2D eigenvalue weighted by Gasteiger charge is -2.22. The van der Waals surface area contributed by atoms with E-state index in [0.717, 1.165) is 5.56 Å². The fourth-order valence-electron chi connectivity index (χ4n) is 1.77. The summed E-state index contributed by atoms with van der Waals surface area (Å²) in [5, 5.41) is 18.0. The number of hydrazine groups is 1. The number of rotatable bonds is 3. The number of carbonyl (C=O) groups is 1. The Labute approximate surface area is 98.3 Å². The monoisotopic (exact) mass is 229 g/mol. The van der Waals surface area contributed by atoms with Gasteiger partial charge >= 0.3 is 5.97 Å². The molecule has 1 heterocycles. The average molecular weight is 229 g/mol. The van der Waals surface area contributed by atoms with Crippen LogP contribution in [0.3, 0.4) is 0 Å². The number of nitriles is 1. The lowest BCUT2D eigenvalue weighted by atomic mass is 9.91. The van der Waals surface area contributed by atoms with E-state index >= 15 is 0 Å². The molecule has 1 atom stereocenters. The minimum atomic E-state index is -1.14. The molecule has 0 spiro atoms. The fraction of sp³-hybridized carbons (Fsp3) is 0.167. The van der Waals surface area contributed by atoms with Crippen molar-refractivity contribution in [1.82, 2.24) is 10.9 Å². The second-order valence-corrected chi connectivity index (χ2v) is 3.87. The second-order valence-electron chi connectivity index (χ2n) is 3.87. The Morgan fingerprint density at radius 3 is 2.94 bits per heavy atom. The van der Waals surface area contributed by atoms with E-state index in [-0.39, 0.29) is 6.42 Å². The Morgan fingerprint density at radius 2 is 2.35 bits per heavy atom. The van der Waals surface area contributed by atoms with Crippen LogP contribution in [0.15, 0.2) is 36.5 Å². The highest BCUT2D eigenvalue weighted by Gasteiger charge is 2.38. The Kier molecular flexibility index (Phi) is 2.81. The van der Waals surface area contributed by atoms with Crippen molar-refractivity contribution < 1.29 is 9.90 Å². The number of nitrogens with zero attached hydrogens (tertiary/aromatic N) is 1. The van der Waals surface area contributed by atoms with E-state index in [1.54, 1.807) is 36.5 Å². The van der Waals surface area contributed by atoms with Crippen LogP contribution in [0.4, 0.5) is 0 Å². The maximum absolute atomic E-state index is 11.3. The summed E-state index contributed by atoms with van der Waals surface area (Å²) >= 11 is 0. The highest BCUT2D eigenvalue weighted by atomic mass is 16.4. The number of hydrogen-bond acceptors (Lipinski definition) is 4. The van der Waals surface area contributed by atoms with Crippen LogP contribution in [-0.2, 0) is 11.2 Å². The number of hydrogen-bond donors (Lipinski definition) is 3. The third-order valence-corrected chi connectivity index (χ3v) is 2.67. The summed E-state index contributed by atoms with van der Waals surface area (Å²) in [6.07, 6.45) is 3.40. The van der Waals surface area contributed by atoms with Gasteiger partial charge in [0.2, 0.25) is 0 Å². The molecule has 1 unspecified atom stereocenters. The molecule has 1 aliphatic heterocycles. The van der Waals surface area contributed by atoms with E-state index in [4.69, 9.17) is 5.26 Å². The lowest BCUT2D eigenvalue weighted by Crippen LogP contribution is -2.52. The van der Waals surface area contributed by atoms with Gasteiger partial charge in [0.1, 0.15) is 0 Å². The smallest absolute Gasteiger partial charge is 0.330 e. The van der Waals surface area contributed by atoms with E-state index in [0.29, 0.717) is 5.56 Å². The van der Waals surface area contributed by atoms with Crippen LogP contribution in [0, 0.1) is 11.3 Å². The van der Waals surface area contributed by atoms with Gasteiger partial charge in [0, 0.05) is 12.6 Å². The molecular formula is C12H11N3O2. The third kappa shape index (κ3) is 2.12. The van der Waals surface area contributed by atoms with Crippen molar-refractivity contribution in [3.8, 4) is 6.07 Å². The first kappa shape index (κ1) is 11.2. The second kappa shape index (κ2) is 4.28. The summed E-state index contributed by atoms with van der Waals surface area (Å²) in [7, 11) is 0. The molecule has 3 N–H and O–H groups in total. The quantitative estimate of drug-likeness (QED) is 0.704. The first-order valence-electron chi connectivity index (χ1n) is 5.09. The van der Waals surface area contributed by atoms with Crippen LogP contribution in [0.2, 0.25) is 0 Å². The molecule has 1 aromatic carbocycles. The molecule has 1 aromatic rings. The molecule has 17 heavy (non-hydrogen) atoms. The molecule has 0 aromatic heterocycles. The molecule has 0 aliphatic carbocycles. The summed E-state index contributed by atoms with van der Waals surface area (Å²) in [4.78, 5) is 11.3. The Morgan fingerprint density at radius 1 is 1.53 bits per heavy atom. The zero-order valence-electron chi connectivity index (χ0n) is 8.97. The molecule has 5 heteroatoms. The maximum Gasteiger partial charge on any atom is 0.330 e. The number of nitrogens with one attached hydrogen (secondary N) is 2. The highest BCUT2D eigenvalue weighted by Crippen LogP contribution is 2.18. The van der Waals surface area contributed by atoms with Crippen LogP contribution < -0.4 is 10.9 Å². The predicted octanol–water partition coefficient (Wildman–Crippen LogP) is 0.546.